The molecule has 0 heterocycles. The van der Waals surface area contributed by atoms with Crippen molar-refractivity contribution in [2.75, 3.05) is 23.7 Å². The molecule has 0 aliphatic heterocycles. The number of rotatable bonds is 7. The topological polar surface area (TPSA) is 83.6 Å². The SMILES string of the molecule is Cc1ccc(C)c(N(CCNS(=O)(=O)c2ccccc2)S(C)(=O)=O)c1. The molecule has 0 saturated carbocycles. The molecule has 2 aromatic rings. The third-order valence-electron chi connectivity index (χ3n) is 3.69. The third kappa shape index (κ3) is 5.04. The van der Waals surface area contributed by atoms with Crippen molar-refractivity contribution in [3.8, 4) is 0 Å². The van der Waals surface area contributed by atoms with E-state index >= 15 is 0 Å². The second-order valence-electron chi connectivity index (χ2n) is 5.84. The van der Waals surface area contributed by atoms with Gasteiger partial charge in [0.15, 0.2) is 0 Å². The Labute approximate surface area is 149 Å². The van der Waals surface area contributed by atoms with Gasteiger partial charge in [-0.1, -0.05) is 30.3 Å². The highest BCUT2D eigenvalue weighted by atomic mass is 32.2. The zero-order valence-electron chi connectivity index (χ0n) is 14.4. The first kappa shape index (κ1) is 19.4. The zero-order valence-corrected chi connectivity index (χ0v) is 16.1. The molecule has 0 bridgehead atoms. The first-order valence-corrected chi connectivity index (χ1v) is 11.0. The second-order valence-corrected chi connectivity index (χ2v) is 9.51. The van der Waals surface area contributed by atoms with Crippen LogP contribution in [0.25, 0.3) is 0 Å². The standard InChI is InChI=1S/C17H22N2O4S2/c1-14-9-10-15(2)17(13-14)19(24(3,20)21)12-11-18-25(22,23)16-7-5-4-6-8-16/h4-10,13,18H,11-12H2,1-3H3. The molecular weight excluding hydrogens is 360 g/mol. The molecule has 0 aromatic heterocycles. The number of nitrogens with zero attached hydrogens (tertiary/aromatic N) is 1. The first-order chi connectivity index (χ1) is 11.6. The van der Waals surface area contributed by atoms with Crippen LogP contribution < -0.4 is 9.03 Å². The van der Waals surface area contributed by atoms with Gasteiger partial charge in [0.2, 0.25) is 20.0 Å². The minimum Gasteiger partial charge on any atom is -0.269 e. The van der Waals surface area contributed by atoms with Crippen LogP contribution in [0, 0.1) is 13.8 Å². The Morgan fingerprint density at radius 2 is 1.60 bits per heavy atom. The quantitative estimate of drug-likeness (QED) is 0.794. The number of hydrogen-bond donors (Lipinski definition) is 1. The summed E-state index contributed by atoms with van der Waals surface area (Å²) in [6, 6.07) is 13.5. The molecule has 0 aliphatic rings. The van der Waals surface area contributed by atoms with Crippen LogP contribution in [0.3, 0.4) is 0 Å². The summed E-state index contributed by atoms with van der Waals surface area (Å²) in [4.78, 5) is 0.146. The Morgan fingerprint density at radius 1 is 0.960 bits per heavy atom. The highest BCUT2D eigenvalue weighted by Gasteiger charge is 2.20. The minimum atomic E-state index is -3.67. The summed E-state index contributed by atoms with van der Waals surface area (Å²) in [5.74, 6) is 0. The lowest BCUT2D eigenvalue weighted by molar-refractivity contribution is 0.578. The number of aryl methyl sites for hydroxylation is 2. The maximum Gasteiger partial charge on any atom is 0.240 e. The minimum absolute atomic E-state index is 0.00912. The average Bonchev–Trinajstić information content (AvgIpc) is 2.54. The van der Waals surface area contributed by atoms with E-state index in [0.29, 0.717) is 5.69 Å². The lowest BCUT2D eigenvalue weighted by atomic mass is 10.1. The fourth-order valence-corrected chi connectivity index (χ4v) is 4.44. The summed E-state index contributed by atoms with van der Waals surface area (Å²) in [6.45, 7) is 3.68. The first-order valence-electron chi connectivity index (χ1n) is 7.71. The summed E-state index contributed by atoms with van der Waals surface area (Å²) >= 11 is 0. The Morgan fingerprint density at radius 3 is 2.20 bits per heavy atom. The van der Waals surface area contributed by atoms with Gasteiger partial charge in [-0.3, -0.25) is 4.31 Å². The van der Waals surface area contributed by atoms with Crippen LogP contribution in [0.15, 0.2) is 53.4 Å². The van der Waals surface area contributed by atoms with Gasteiger partial charge in [-0.25, -0.2) is 21.6 Å². The molecule has 0 radical (unpaired) electrons. The molecule has 1 N–H and O–H groups in total. The maximum atomic E-state index is 12.2. The van der Waals surface area contributed by atoms with Crippen molar-refractivity contribution in [2.24, 2.45) is 0 Å². The molecule has 136 valence electrons. The summed E-state index contributed by atoms with van der Waals surface area (Å²) in [5, 5.41) is 0. The van der Waals surface area contributed by atoms with E-state index in [-0.39, 0.29) is 18.0 Å². The maximum absolute atomic E-state index is 12.2. The summed E-state index contributed by atoms with van der Waals surface area (Å²) in [6.07, 6.45) is 1.11. The van der Waals surface area contributed by atoms with Crippen LogP contribution in [0.2, 0.25) is 0 Å². The Kier molecular flexibility index (Phi) is 5.87. The van der Waals surface area contributed by atoms with E-state index in [9.17, 15) is 16.8 Å². The van der Waals surface area contributed by atoms with Gasteiger partial charge in [-0.05, 0) is 43.2 Å². The van der Waals surface area contributed by atoms with Gasteiger partial charge in [-0.2, -0.15) is 0 Å². The molecule has 2 rings (SSSR count). The number of sulfonamides is 2. The van der Waals surface area contributed by atoms with Crippen molar-refractivity contribution in [3.05, 3.63) is 59.7 Å². The van der Waals surface area contributed by atoms with Crippen molar-refractivity contribution in [3.63, 3.8) is 0 Å². The van der Waals surface area contributed by atoms with E-state index < -0.39 is 20.0 Å². The van der Waals surface area contributed by atoms with Crippen molar-refractivity contribution >= 4 is 25.7 Å². The average molecular weight is 383 g/mol. The summed E-state index contributed by atoms with van der Waals surface area (Å²) in [5.41, 5.74) is 2.29. The Hall–Kier alpha value is -1.90. The van der Waals surface area contributed by atoms with Crippen LogP contribution in [0.1, 0.15) is 11.1 Å². The molecule has 25 heavy (non-hydrogen) atoms. The number of hydrogen-bond acceptors (Lipinski definition) is 4. The molecule has 0 unspecified atom stereocenters. The highest BCUT2D eigenvalue weighted by Crippen LogP contribution is 2.23. The van der Waals surface area contributed by atoms with Crippen LogP contribution in [-0.2, 0) is 20.0 Å². The molecule has 0 saturated heterocycles. The Balaban J connectivity index is 2.19. The van der Waals surface area contributed by atoms with Crippen LogP contribution in [0.5, 0.6) is 0 Å². The lowest BCUT2D eigenvalue weighted by Gasteiger charge is -2.24. The molecule has 0 aliphatic carbocycles. The lowest BCUT2D eigenvalue weighted by Crippen LogP contribution is -2.38. The van der Waals surface area contributed by atoms with Crippen molar-refractivity contribution in [2.45, 2.75) is 18.7 Å². The van der Waals surface area contributed by atoms with Gasteiger partial charge in [0.1, 0.15) is 0 Å². The monoisotopic (exact) mass is 382 g/mol. The van der Waals surface area contributed by atoms with Gasteiger partial charge in [0.05, 0.1) is 16.8 Å². The van der Waals surface area contributed by atoms with Crippen LogP contribution >= 0.6 is 0 Å². The highest BCUT2D eigenvalue weighted by molar-refractivity contribution is 7.92. The summed E-state index contributed by atoms with van der Waals surface area (Å²) < 4.78 is 52.5. The fourth-order valence-electron chi connectivity index (χ4n) is 2.42. The fraction of sp³-hybridized carbons (Fsp3) is 0.294. The van der Waals surface area contributed by atoms with E-state index in [0.717, 1.165) is 17.4 Å². The Bertz CT molecular complexity index is 940. The van der Waals surface area contributed by atoms with Gasteiger partial charge < -0.3 is 0 Å². The van der Waals surface area contributed by atoms with Crippen LogP contribution in [0.4, 0.5) is 5.69 Å². The smallest absolute Gasteiger partial charge is 0.240 e. The number of nitrogens with one attached hydrogen (secondary N) is 1. The molecule has 0 amide bonds. The third-order valence-corrected chi connectivity index (χ3v) is 6.35. The van der Waals surface area contributed by atoms with Gasteiger partial charge >= 0.3 is 0 Å². The molecular formula is C17H22N2O4S2. The number of anilines is 1. The van der Waals surface area contributed by atoms with E-state index in [1.54, 1.807) is 24.3 Å². The molecule has 8 heteroatoms. The zero-order chi connectivity index (χ0) is 18.7. The van der Waals surface area contributed by atoms with E-state index in [1.807, 2.05) is 26.0 Å². The molecule has 0 atom stereocenters. The summed E-state index contributed by atoms with van der Waals surface area (Å²) in [7, 11) is -7.21. The normalized spacial score (nSPS) is 12.1. The molecule has 2 aromatic carbocycles. The molecule has 0 spiro atoms. The van der Waals surface area contributed by atoms with Gasteiger partial charge in [0.25, 0.3) is 0 Å². The molecule has 0 fully saturated rings. The predicted molar refractivity (Wildman–Crippen MR) is 99.7 cm³/mol. The predicted octanol–water partition coefficient (Wildman–Crippen LogP) is 2.05. The van der Waals surface area contributed by atoms with Crippen molar-refractivity contribution < 1.29 is 16.8 Å². The number of benzene rings is 2. The van der Waals surface area contributed by atoms with E-state index in [2.05, 4.69) is 4.72 Å². The van der Waals surface area contributed by atoms with E-state index in [4.69, 9.17) is 0 Å². The van der Waals surface area contributed by atoms with Gasteiger partial charge in [0, 0.05) is 13.1 Å². The molecule has 6 nitrogen and oxygen atoms in total. The van der Waals surface area contributed by atoms with Crippen molar-refractivity contribution in [1.82, 2.24) is 4.72 Å². The largest absolute Gasteiger partial charge is 0.269 e. The van der Waals surface area contributed by atoms with Crippen LogP contribution in [-0.4, -0.2) is 36.2 Å². The second kappa shape index (κ2) is 7.55. The van der Waals surface area contributed by atoms with E-state index in [1.165, 1.54) is 16.4 Å². The van der Waals surface area contributed by atoms with Crippen molar-refractivity contribution in [1.29, 1.82) is 0 Å². The van der Waals surface area contributed by atoms with Gasteiger partial charge in [-0.15, -0.1) is 0 Å².